The van der Waals surface area contributed by atoms with Crippen LogP contribution < -0.4 is 10.6 Å². The Kier molecular flexibility index (Phi) is 5.01. The van der Waals surface area contributed by atoms with Crippen LogP contribution in [0.25, 0.3) is 0 Å². The van der Waals surface area contributed by atoms with E-state index in [0.717, 1.165) is 21.2 Å². The Hall–Kier alpha value is -0.850. The minimum atomic E-state index is 0.575. The topological polar surface area (TPSA) is 49.8 Å². The molecule has 0 fully saturated rings. The lowest BCUT2D eigenvalue weighted by atomic mass is 10.3. The molecular weight excluding hydrogens is 395 g/mol. The van der Waals surface area contributed by atoms with Gasteiger partial charge in [0.15, 0.2) is 0 Å². The molecule has 0 amide bonds. The SMILES string of the molecule is CCNc1ncc(Br)c(Nc2cc(Cl)ccc2Br)n1. The Bertz CT molecular complexity index is 592. The number of hydrogen-bond donors (Lipinski definition) is 2. The molecular formula is C12H11Br2ClN4. The van der Waals surface area contributed by atoms with Crippen molar-refractivity contribution in [1.82, 2.24) is 9.97 Å². The fourth-order valence-electron chi connectivity index (χ4n) is 1.42. The molecule has 0 unspecified atom stereocenters. The number of nitrogens with zero attached hydrogens (tertiary/aromatic N) is 2. The van der Waals surface area contributed by atoms with Gasteiger partial charge in [-0.25, -0.2) is 4.98 Å². The fourth-order valence-corrected chi connectivity index (χ4v) is 2.23. The molecule has 1 aromatic carbocycles. The monoisotopic (exact) mass is 404 g/mol. The molecule has 0 saturated heterocycles. The van der Waals surface area contributed by atoms with Crippen LogP contribution in [0.5, 0.6) is 0 Å². The fraction of sp³-hybridized carbons (Fsp3) is 0.167. The zero-order valence-corrected chi connectivity index (χ0v) is 14.0. The van der Waals surface area contributed by atoms with Gasteiger partial charge in [-0.3, -0.25) is 0 Å². The molecule has 1 heterocycles. The Balaban J connectivity index is 2.31. The maximum atomic E-state index is 5.99. The highest BCUT2D eigenvalue weighted by atomic mass is 79.9. The summed E-state index contributed by atoms with van der Waals surface area (Å²) in [5.41, 5.74) is 0.842. The molecule has 0 spiro atoms. The van der Waals surface area contributed by atoms with E-state index in [1.54, 1.807) is 6.20 Å². The first-order chi connectivity index (χ1) is 9.10. The van der Waals surface area contributed by atoms with Gasteiger partial charge < -0.3 is 10.6 Å². The second kappa shape index (κ2) is 6.54. The van der Waals surface area contributed by atoms with E-state index in [1.807, 2.05) is 25.1 Å². The molecule has 0 aliphatic heterocycles. The molecule has 2 N–H and O–H groups in total. The van der Waals surface area contributed by atoms with Gasteiger partial charge in [-0.05, 0) is 57.0 Å². The first kappa shape index (κ1) is 14.6. The summed E-state index contributed by atoms with van der Waals surface area (Å²) in [7, 11) is 0. The lowest BCUT2D eigenvalue weighted by Gasteiger charge is -2.11. The second-order valence-corrected chi connectivity index (χ2v) is 5.81. The summed E-state index contributed by atoms with van der Waals surface area (Å²) in [6.07, 6.45) is 1.70. The van der Waals surface area contributed by atoms with Crippen molar-refractivity contribution in [3.63, 3.8) is 0 Å². The highest BCUT2D eigenvalue weighted by Gasteiger charge is 2.07. The first-order valence-electron chi connectivity index (χ1n) is 5.58. The van der Waals surface area contributed by atoms with Crippen molar-refractivity contribution in [3.8, 4) is 0 Å². The van der Waals surface area contributed by atoms with Gasteiger partial charge in [0.25, 0.3) is 0 Å². The smallest absolute Gasteiger partial charge is 0.224 e. The van der Waals surface area contributed by atoms with E-state index in [4.69, 9.17) is 11.6 Å². The van der Waals surface area contributed by atoms with Crippen LogP contribution in [-0.4, -0.2) is 16.5 Å². The van der Waals surface area contributed by atoms with Crippen LogP contribution in [0.15, 0.2) is 33.3 Å². The number of benzene rings is 1. The molecule has 0 atom stereocenters. The summed E-state index contributed by atoms with van der Waals surface area (Å²) < 4.78 is 1.69. The molecule has 1 aromatic heterocycles. The van der Waals surface area contributed by atoms with Crippen LogP contribution in [0.3, 0.4) is 0 Å². The molecule has 0 aliphatic rings. The van der Waals surface area contributed by atoms with E-state index in [0.29, 0.717) is 16.8 Å². The summed E-state index contributed by atoms with van der Waals surface area (Å²) in [5, 5.41) is 6.93. The third kappa shape index (κ3) is 3.81. The van der Waals surface area contributed by atoms with E-state index < -0.39 is 0 Å². The van der Waals surface area contributed by atoms with Gasteiger partial charge in [-0.2, -0.15) is 4.98 Å². The zero-order valence-electron chi connectivity index (χ0n) is 10.0. The predicted molar refractivity (Wildman–Crippen MR) is 86.3 cm³/mol. The Labute approximate surface area is 133 Å². The minimum absolute atomic E-state index is 0.575. The zero-order chi connectivity index (χ0) is 13.8. The third-order valence-electron chi connectivity index (χ3n) is 2.26. The molecule has 0 bridgehead atoms. The van der Waals surface area contributed by atoms with Crippen molar-refractivity contribution in [1.29, 1.82) is 0 Å². The van der Waals surface area contributed by atoms with E-state index in [-0.39, 0.29) is 0 Å². The van der Waals surface area contributed by atoms with Gasteiger partial charge in [0, 0.05) is 22.2 Å². The van der Waals surface area contributed by atoms with E-state index in [9.17, 15) is 0 Å². The highest BCUT2D eigenvalue weighted by Crippen LogP contribution is 2.31. The van der Waals surface area contributed by atoms with Crippen molar-refractivity contribution in [2.45, 2.75) is 6.92 Å². The predicted octanol–water partition coefficient (Wildman–Crippen LogP) is 4.83. The van der Waals surface area contributed by atoms with Crippen LogP contribution >= 0.6 is 43.5 Å². The number of hydrogen-bond acceptors (Lipinski definition) is 4. The number of rotatable bonds is 4. The number of aromatic nitrogens is 2. The van der Waals surface area contributed by atoms with Crippen LogP contribution in [0.1, 0.15) is 6.92 Å². The van der Waals surface area contributed by atoms with Gasteiger partial charge in [-0.15, -0.1) is 0 Å². The minimum Gasteiger partial charge on any atom is -0.354 e. The summed E-state index contributed by atoms with van der Waals surface area (Å²) in [6.45, 7) is 2.76. The van der Waals surface area contributed by atoms with Gasteiger partial charge in [0.1, 0.15) is 5.82 Å². The summed E-state index contributed by atoms with van der Waals surface area (Å²) >= 11 is 12.9. The second-order valence-electron chi connectivity index (χ2n) is 3.67. The van der Waals surface area contributed by atoms with Crippen molar-refractivity contribution in [2.75, 3.05) is 17.2 Å². The van der Waals surface area contributed by atoms with E-state index in [2.05, 4.69) is 52.5 Å². The van der Waals surface area contributed by atoms with Gasteiger partial charge in [-0.1, -0.05) is 11.6 Å². The Morgan fingerprint density at radius 1 is 1.26 bits per heavy atom. The highest BCUT2D eigenvalue weighted by molar-refractivity contribution is 9.11. The molecule has 0 aliphatic carbocycles. The molecule has 100 valence electrons. The molecule has 7 heteroatoms. The largest absolute Gasteiger partial charge is 0.354 e. The van der Waals surface area contributed by atoms with Crippen LogP contribution in [0.2, 0.25) is 5.02 Å². The van der Waals surface area contributed by atoms with Crippen molar-refractivity contribution < 1.29 is 0 Å². The lowest BCUT2D eigenvalue weighted by Crippen LogP contribution is -2.04. The third-order valence-corrected chi connectivity index (χ3v) is 3.77. The van der Waals surface area contributed by atoms with Crippen LogP contribution in [-0.2, 0) is 0 Å². The number of halogens is 3. The van der Waals surface area contributed by atoms with Gasteiger partial charge in [0.2, 0.25) is 5.95 Å². The number of anilines is 3. The lowest BCUT2D eigenvalue weighted by molar-refractivity contribution is 1.08. The Morgan fingerprint density at radius 2 is 2.05 bits per heavy atom. The molecule has 19 heavy (non-hydrogen) atoms. The normalized spacial score (nSPS) is 10.3. The quantitative estimate of drug-likeness (QED) is 0.764. The van der Waals surface area contributed by atoms with E-state index >= 15 is 0 Å². The summed E-state index contributed by atoms with van der Waals surface area (Å²) in [4.78, 5) is 8.55. The van der Waals surface area contributed by atoms with E-state index in [1.165, 1.54) is 0 Å². The molecule has 4 nitrogen and oxygen atoms in total. The average molecular weight is 407 g/mol. The van der Waals surface area contributed by atoms with Gasteiger partial charge >= 0.3 is 0 Å². The molecule has 2 aromatic rings. The van der Waals surface area contributed by atoms with Gasteiger partial charge in [0.05, 0.1) is 10.2 Å². The summed E-state index contributed by atoms with van der Waals surface area (Å²) in [5.74, 6) is 1.25. The van der Waals surface area contributed by atoms with Crippen LogP contribution in [0.4, 0.5) is 17.5 Å². The van der Waals surface area contributed by atoms with Crippen molar-refractivity contribution in [3.05, 3.63) is 38.4 Å². The average Bonchev–Trinajstić information content (AvgIpc) is 2.38. The Morgan fingerprint density at radius 3 is 2.79 bits per heavy atom. The van der Waals surface area contributed by atoms with Crippen molar-refractivity contribution >= 4 is 60.9 Å². The molecule has 0 saturated carbocycles. The molecule has 2 rings (SSSR count). The first-order valence-corrected chi connectivity index (χ1v) is 7.55. The standard InChI is InChI=1S/C12H11Br2ClN4/c1-2-16-12-17-6-9(14)11(19-12)18-10-5-7(15)3-4-8(10)13/h3-6H,2H2,1H3,(H2,16,17,18,19). The van der Waals surface area contributed by atoms with Crippen LogP contribution in [0, 0.1) is 0 Å². The maximum Gasteiger partial charge on any atom is 0.224 e. The van der Waals surface area contributed by atoms with Crippen molar-refractivity contribution in [2.24, 2.45) is 0 Å². The maximum absolute atomic E-state index is 5.99. The number of nitrogens with one attached hydrogen (secondary N) is 2. The summed E-state index contributed by atoms with van der Waals surface area (Å²) in [6, 6.07) is 5.52. The molecule has 0 radical (unpaired) electrons.